The van der Waals surface area contributed by atoms with Gasteiger partial charge in [-0.25, -0.2) is 8.42 Å². The third-order valence-electron chi connectivity index (χ3n) is 4.92. The van der Waals surface area contributed by atoms with Crippen LogP contribution in [0.1, 0.15) is 36.5 Å². The van der Waals surface area contributed by atoms with Gasteiger partial charge in [-0.05, 0) is 42.7 Å². The Morgan fingerprint density at radius 1 is 1.04 bits per heavy atom. The number of hydrogen-bond donors (Lipinski definition) is 0. The number of hydrogen-bond acceptors (Lipinski definition) is 5. The highest BCUT2D eigenvalue weighted by molar-refractivity contribution is 7.90. The van der Waals surface area contributed by atoms with Crippen molar-refractivity contribution >= 4 is 21.4 Å². The SMILES string of the molecule is O=S(=O)(Cc1nc(C2(c3ccccc3)CCC2)no1)c1ccc(Cl)cc1. The predicted molar refractivity (Wildman–Crippen MR) is 97.7 cm³/mol. The first kappa shape index (κ1) is 17.2. The molecule has 1 aliphatic rings. The summed E-state index contributed by atoms with van der Waals surface area (Å²) in [5.41, 5.74) is 0.867. The van der Waals surface area contributed by atoms with Gasteiger partial charge in [0.1, 0.15) is 5.75 Å². The lowest BCUT2D eigenvalue weighted by atomic mass is 9.64. The average Bonchev–Trinajstić information content (AvgIpc) is 3.03. The van der Waals surface area contributed by atoms with E-state index in [-0.39, 0.29) is 22.0 Å². The predicted octanol–water partition coefficient (Wildman–Crippen LogP) is 4.17. The van der Waals surface area contributed by atoms with Crippen LogP contribution in [-0.4, -0.2) is 18.6 Å². The quantitative estimate of drug-likeness (QED) is 0.655. The second-order valence-electron chi connectivity index (χ2n) is 6.53. The molecule has 0 unspecified atom stereocenters. The minimum absolute atomic E-state index is 0.108. The van der Waals surface area contributed by atoms with Gasteiger partial charge in [0.15, 0.2) is 15.7 Å². The van der Waals surface area contributed by atoms with E-state index in [9.17, 15) is 8.42 Å². The van der Waals surface area contributed by atoms with E-state index in [1.807, 2.05) is 18.2 Å². The first-order valence-corrected chi connectivity index (χ1v) is 10.4. The van der Waals surface area contributed by atoms with Gasteiger partial charge in [-0.1, -0.05) is 53.5 Å². The van der Waals surface area contributed by atoms with E-state index < -0.39 is 9.84 Å². The molecule has 1 aliphatic carbocycles. The van der Waals surface area contributed by atoms with Crippen molar-refractivity contribution in [2.45, 2.75) is 35.3 Å². The maximum atomic E-state index is 12.6. The molecule has 1 aromatic heterocycles. The van der Waals surface area contributed by atoms with Crippen molar-refractivity contribution < 1.29 is 12.9 Å². The van der Waals surface area contributed by atoms with Gasteiger partial charge in [-0.15, -0.1) is 0 Å². The zero-order valence-electron chi connectivity index (χ0n) is 13.9. The smallest absolute Gasteiger partial charge is 0.242 e. The van der Waals surface area contributed by atoms with Crippen molar-refractivity contribution in [3.8, 4) is 0 Å². The van der Waals surface area contributed by atoms with E-state index in [4.69, 9.17) is 16.1 Å². The van der Waals surface area contributed by atoms with Gasteiger partial charge in [0.05, 0.1) is 10.3 Å². The number of benzene rings is 2. The zero-order chi connectivity index (χ0) is 18.2. The van der Waals surface area contributed by atoms with E-state index in [1.54, 1.807) is 12.1 Å². The molecule has 0 N–H and O–H groups in total. The van der Waals surface area contributed by atoms with Gasteiger partial charge in [0, 0.05) is 5.02 Å². The summed E-state index contributed by atoms with van der Waals surface area (Å²) in [5.74, 6) is 0.348. The summed E-state index contributed by atoms with van der Waals surface area (Å²) in [7, 11) is -3.57. The highest BCUT2D eigenvalue weighted by Gasteiger charge is 2.44. The molecule has 134 valence electrons. The van der Waals surface area contributed by atoms with Crippen LogP contribution in [0.5, 0.6) is 0 Å². The van der Waals surface area contributed by atoms with Crippen LogP contribution >= 0.6 is 11.6 Å². The molecular formula is C19H17ClN2O3S. The average molecular weight is 389 g/mol. The fraction of sp³-hybridized carbons (Fsp3) is 0.263. The standard InChI is InChI=1S/C19H17ClN2O3S/c20-15-7-9-16(10-8-15)26(23,24)13-17-21-18(22-25-17)19(11-4-12-19)14-5-2-1-3-6-14/h1-3,5-10H,4,11-13H2. The summed E-state index contributed by atoms with van der Waals surface area (Å²) in [5, 5.41) is 4.59. The molecular weight excluding hydrogens is 372 g/mol. The van der Waals surface area contributed by atoms with Crippen LogP contribution in [0.3, 0.4) is 0 Å². The fourth-order valence-corrected chi connectivity index (χ4v) is 4.61. The Labute approximate surface area is 156 Å². The van der Waals surface area contributed by atoms with Gasteiger partial charge < -0.3 is 4.52 Å². The summed E-state index contributed by atoms with van der Waals surface area (Å²) in [6, 6.07) is 16.1. The lowest BCUT2D eigenvalue weighted by Gasteiger charge is -2.39. The van der Waals surface area contributed by atoms with Gasteiger partial charge >= 0.3 is 0 Å². The Morgan fingerprint density at radius 2 is 1.73 bits per heavy atom. The molecule has 7 heteroatoms. The van der Waals surface area contributed by atoms with Crippen molar-refractivity contribution in [2.75, 3.05) is 0 Å². The maximum absolute atomic E-state index is 12.6. The molecule has 0 radical (unpaired) electrons. The van der Waals surface area contributed by atoms with Crippen LogP contribution in [0.2, 0.25) is 5.02 Å². The maximum Gasteiger partial charge on any atom is 0.242 e. The molecule has 0 saturated heterocycles. The number of rotatable bonds is 5. The minimum Gasteiger partial charge on any atom is -0.338 e. The Morgan fingerprint density at radius 3 is 2.35 bits per heavy atom. The van der Waals surface area contributed by atoms with Crippen LogP contribution in [0.15, 0.2) is 64.0 Å². The van der Waals surface area contributed by atoms with Crippen LogP contribution in [0, 0.1) is 0 Å². The number of aromatic nitrogens is 2. The van der Waals surface area contributed by atoms with Crippen molar-refractivity contribution in [3.05, 3.63) is 76.9 Å². The van der Waals surface area contributed by atoms with Gasteiger partial charge in [0.2, 0.25) is 5.89 Å². The first-order valence-electron chi connectivity index (χ1n) is 8.37. The monoisotopic (exact) mass is 388 g/mol. The molecule has 0 amide bonds. The second kappa shape index (κ2) is 6.52. The van der Waals surface area contributed by atoms with Crippen molar-refractivity contribution in [2.24, 2.45) is 0 Å². The largest absolute Gasteiger partial charge is 0.338 e. The molecule has 0 atom stereocenters. The Balaban J connectivity index is 1.61. The van der Waals surface area contributed by atoms with E-state index in [0.717, 1.165) is 24.8 Å². The van der Waals surface area contributed by atoms with Crippen LogP contribution in [0.4, 0.5) is 0 Å². The molecule has 1 saturated carbocycles. The second-order valence-corrected chi connectivity index (χ2v) is 8.95. The van der Waals surface area contributed by atoms with E-state index >= 15 is 0 Å². The molecule has 0 spiro atoms. The van der Waals surface area contributed by atoms with Gasteiger partial charge in [-0.3, -0.25) is 0 Å². The van der Waals surface area contributed by atoms with Crippen LogP contribution in [-0.2, 0) is 21.0 Å². The molecule has 1 fully saturated rings. The minimum atomic E-state index is -3.57. The zero-order valence-corrected chi connectivity index (χ0v) is 15.5. The van der Waals surface area contributed by atoms with Crippen molar-refractivity contribution in [1.29, 1.82) is 0 Å². The van der Waals surface area contributed by atoms with Crippen molar-refractivity contribution in [1.82, 2.24) is 10.1 Å². The van der Waals surface area contributed by atoms with E-state index in [0.29, 0.717) is 10.8 Å². The highest BCUT2D eigenvalue weighted by atomic mass is 35.5. The lowest BCUT2D eigenvalue weighted by Crippen LogP contribution is -2.36. The van der Waals surface area contributed by atoms with Crippen LogP contribution < -0.4 is 0 Å². The van der Waals surface area contributed by atoms with Gasteiger partial charge in [-0.2, -0.15) is 4.98 Å². The normalized spacial score (nSPS) is 16.2. The summed E-state index contributed by atoms with van der Waals surface area (Å²) >= 11 is 5.82. The molecule has 5 nitrogen and oxygen atoms in total. The first-order chi connectivity index (χ1) is 12.5. The molecule has 4 rings (SSSR count). The van der Waals surface area contributed by atoms with Gasteiger partial charge in [0.25, 0.3) is 0 Å². The molecule has 1 heterocycles. The molecule has 2 aromatic carbocycles. The summed E-state index contributed by atoms with van der Waals surface area (Å²) in [4.78, 5) is 4.61. The van der Waals surface area contributed by atoms with Crippen LogP contribution in [0.25, 0.3) is 0 Å². The molecule has 0 aliphatic heterocycles. The third kappa shape index (κ3) is 3.04. The third-order valence-corrected chi connectivity index (χ3v) is 6.79. The molecule has 0 bridgehead atoms. The summed E-state index contributed by atoms with van der Waals surface area (Å²) in [6.07, 6.45) is 2.95. The molecule has 3 aromatic rings. The topological polar surface area (TPSA) is 73.1 Å². The number of nitrogens with zero attached hydrogens (tertiary/aromatic N) is 2. The highest BCUT2D eigenvalue weighted by Crippen LogP contribution is 2.47. The van der Waals surface area contributed by atoms with Crippen molar-refractivity contribution in [3.63, 3.8) is 0 Å². The summed E-state index contributed by atoms with van der Waals surface area (Å²) in [6.45, 7) is 0. The fourth-order valence-electron chi connectivity index (χ4n) is 3.32. The number of sulfone groups is 1. The Bertz CT molecular complexity index is 1010. The Kier molecular flexibility index (Phi) is 4.32. The Hall–Kier alpha value is -2.18. The van der Waals surface area contributed by atoms with E-state index in [1.165, 1.54) is 12.1 Å². The van der Waals surface area contributed by atoms with E-state index in [2.05, 4.69) is 22.3 Å². The summed E-state index contributed by atoms with van der Waals surface area (Å²) < 4.78 is 30.4. The lowest BCUT2D eigenvalue weighted by molar-refractivity contribution is 0.271. The molecule has 26 heavy (non-hydrogen) atoms. The number of halogens is 1.